The molecular weight excluding hydrogens is 378 g/mol. The molecule has 0 aromatic heterocycles. The van der Waals surface area contributed by atoms with E-state index in [4.69, 9.17) is 19.3 Å². The lowest BCUT2D eigenvalue weighted by molar-refractivity contribution is -0.138. The van der Waals surface area contributed by atoms with Gasteiger partial charge in [0.05, 0.1) is 18.6 Å². The topological polar surface area (TPSA) is 77.0 Å². The number of ether oxygens (including phenoxy) is 3. The maximum absolute atomic E-state index is 11.1. The summed E-state index contributed by atoms with van der Waals surface area (Å²) in [5.41, 5.74) is 1.99. The highest BCUT2D eigenvalue weighted by atomic mass is 32.2. The van der Waals surface area contributed by atoms with Crippen LogP contribution in [0.15, 0.2) is 42.5 Å². The summed E-state index contributed by atoms with van der Waals surface area (Å²) in [6.45, 7) is 5.43. The van der Waals surface area contributed by atoms with Gasteiger partial charge in [-0.25, -0.2) is 0 Å². The van der Waals surface area contributed by atoms with Crippen LogP contribution in [0.5, 0.6) is 17.2 Å². The number of aliphatic carboxylic acids is 1. The molecule has 1 aliphatic rings. The minimum atomic E-state index is -0.817. The molecule has 28 heavy (non-hydrogen) atoms. The van der Waals surface area contributed by atoms with Gasteiger partial charge in [-0.3, -0.25) is 10.1 Å². The fourth-order valence-corrected chi connectivity index (χ4v) is 4.15. The molecule has 2 aromatic carbocycles. The number of nitrogens with one attached hydrogen (secondary N) is 1. The van der Waals surface area contributed by atoms with E-state index in [-0.39, 0.29) is 5.37 Å². The maximum Gasteiger partial charge on any atom is 0.321 e. The molecular formula is C21H25NO5S. The number of carbonyl (C=O) groups is 1. The van der Waals surface area contributed by atoms with Gasteiger partial charge in [-0.1, -0.05) is 18.2 Å². The average Bonchev–Trinajstić information content (AvgIpc) is 3.19. The molecule has 150 valence electrons. The molecule has 2 aromatic rings. The Balaban J connectivity index is 1.65. The van der Waals surface area contributed by atoms with Crippen LogP contribution in [0.1, 0.15) is 30.3 Å². The van der Waals surface area contributed by atoms with E-state index < -0.39 is 12.0 Å². The largest absolute Gasteiger partial charge is 0.490 e. The van der Waals surface area contributed by atoms with E-state index >= 15 is 0 Å². The first kappa shape index (κ1) is 20.4. The van der Waals surface area contributed by atoms with Crippen molar-refractivity contribution in [2.45, 2.75) is 31.9 Å². The molecule has 1 saturated heterocycles. The van der Waals surface area contributed by atoms with Crippen molar-refractivity contribution in [3.8, 4) is 17.2 Å². The molecule has 0 spiro atoms. The summed E-state index contributed by atoms with van der Waals surface area (Å²) in [4.78, 5) is 11.1. The molecule has 0 amide bonds. The van der Waals surface area contributed by atoms with Gasteiger partial charge in [-0.2, -0.15) is 0 Å². The summed E-state index contributed by atoms with van der Waals surface area (Å²) in [6, 6.07) is 13.0. The molecule has 6 nitrogen and oxygen atoms in total. The first-order chi connectivity index (χ1) is 13.6. The summed E-state index contributed by atoms with van der Waals surface area (Å²) < 4.78 is 17.2. The number of hydrogen-bond acceptors (Lipinski definition) is 6. The van der Waals surface area contributed by atoms with E-state index in [1.165, 1.54) is 0 Å². The van der Waals surface area contributed by atoms with E-state index in [1.54, 1.807) is 11.8 Å². The lowest BCUT2D eigenvalue weighted by atomic mass is 10.2. The van der Waals surface area contributed by atoms with Crippen LogP contribution in [0.3, 0.4) is 0 Å². The molecule has 0 unspecified atom stereocenters. The third kappa shape index (κ3) is 5.11. The van der Waals surface area contributed by atoms with Crippen LogP contribution in [-0.2, 0) is 11.4 Å². The zero-order valence-corrected chi connectivity index (χ0v) is 16.8. The second-order valence-corrected chi connectivity index (χ2v) is 7.42. The summed E-state index contributed by atoms with van der Waals surface area (Å²) in [5.74, 6) is 1.92. The smallest absolute Gasteiger partial charge is 0.321 e. The standard InChI is InChI=1S/C21H25NO5S/c1-3-25-18-9-8-14(10-19(18)26-4-2)12-27-16-7-5-6-15(11-16)20-22-17(13-28-20)21(23)24/h5-11,17,20,22H,3-4,12-13H2,1-2H3,(H,23,24)/t17-,20-/m1/s1. The van der Waals surface area contributed by atoms with Crippen LogP contribution in [0.2, 0.25) is 0 Å². The van der Waals surface area contributed by atoms with Crippen LogP contribution < -0.4 is 19.5 Å². The normalized spacial score (nSPS) is 18.6. The Hall–Kier alpha value is -2.38. The molecule has 0 bridgehead atoms. The number of hydrogen-bond donors (Lipinski definition) is 2. The van der Waals surface area contributed by atoms with Crippen LogP contribution in [0.25, 0.3) is 0 Å². The van der Waals surface area contributed by atoms with Gasteiger partial charge in [-0.15, -0.1) is 11.8 Å². The van der Waals surface area contributed by atoms with Crippen molar-refractivity contribution in [2.24, 2.45) is 0 Å². The predicted octanol–water partition coefficient (Wildman–Crippen LogP) is 3.85. The third-order valence-electron chi connectivity index (χ3n) is 4.25. The number of benzene rings is 2. The molecule has 0 aliphatic carbocycles. The van der Waals surface area contributed by atoms with Gasteiger partial charge < -0.3 is 19.3 Å². The van der Waals surface area contributed by atoms with Crippen LogP contribution in [0.4, 0.5) is 0 Å². The quantitative estimate of drug-likeness (QED) is 0.658. The van der Waals surface area contributed by atoms with Crippen molar-refractivity contribution in [3.05, 3.63) is 53.6 Å². The summed E-state index contributed by atoms with van der Waals surface area (Å²) in [5, 5.41) is 12.2. The van der Waals surface area contributed by atoms with Crippen molar-refractivity contribution < 1.29 is 24.1 Å². The zero-order valence-electron chi connectivity index (χ0n) is 16.0. The summed E-state index contributed by atoms with van der Waals surface area (Å²) in [7, 11) is 0. The van der Waals surface area contributed by atoms with Gasteiger partial charge in [0, 0.05) is 5.75 Å². The Morgan fingerprint density at radius 3 is 2.61 bits per heavy atom. The molecule has 7 heteroatoms. The first-order valence-electron chi connectivity index (χ1n) is 9.32. The van der Waals surface area contributed by atoms with Crippen molar-refractivity contribution in [1.29, 1.82) is 0 Å². The monoisotopic (exact) mass is 403 g/mol. The molecule has 3 rings (SSSR count). The lowest BCUT2D eigenvalue weighted by Crippen LogP contribution is -2.33. The van der Waals surface area contributed by atoms with E-state index in [9.17, 15) is 4.79 Å². The third-order valence-corrected chi connectivity index (χ3v) is 5.52. The number of carboxylic acids is 1. The SMILES string of the molecule is CCOc1ccc(COc2cccc([C@@H]3N[C@@H](C(=O)O)CS3)c2)cc1OCC. The van der Waals surface area contributed by atoms with E-state index in [1.807, 2.05) is 56.3 Å². The molecule has 1 heterocycles. The lowest BCUT2D eigenvalue weighted by Gasteiger charge is -2.15. The number of rotatable bonds is 9. The minimum Gasteiger partial charge on any atom is -0.490 e. The Labute approximate surface area is 169 Å². The second kappa shape index (κ2) is 9.71. The Kier molecular flexibility index (Phi) is 7.06. The highest BCUT2D eigenvalue weighted by Crippen LogP contribution is 2.34. The van der Waals surface area contributed by atoms with Crippen molar-refractivity contribution >= 4 is 17.7 Å². The van der Waals surface area contributed by atoms with Crippen molar-refractivity contribution in [2.75, 3.05) is 19.0 Å². The Bertz CT molecular complexity index is 813. The maximum atomic E-state index is 11.1. The highest BCUT2D eigenvalue weighted by molar-refractivity contribution is 7.99. The van der Waals surface area contributed by atoms with Gasteiger partial charge in [0.1, 0.15) is 18.4 Å². The van der Waals surface area contributed by atoms with Crippen molar-refractivity contribution in [3.63, 3.8) is 0 Å². The van der Waals surface area contributed by atoms with Crippen LogP contribution in [-0.4, -0.2) is 36.1 Å². The molecule has 1 aliphatic heterocycles. The zero-order chi connectivity index (χ0) is 19.9. The van der Waals surface area contributed by atoms with Gasteiger partial charge in [0.15, 0.2) is 11.5 Å². The van der Waals surface area contributed by atoms with E-state index in [2.05, 4.69) is 5.32 Å². The molecule has 0 saturated carbocycles. The van der Waals surface area contributed by atoms with Gasteiger partial charge >= 0.3 is 5.97 Å². The number of thioether (sulfide) groups is 1. The summed E-state index contributed by atoms with van der Waals surface area (Å²) >= 11 is 1.59. The van der Waals surface area contributed by atoms with E-state index in [0.29, 0.717) is 31.3 Å². The molecule has 2 atom stereocenters. The van der Waals surface area contributed by atoms with Gasteiger partial charge in [0.25, 0.3) is 0 Å². The van der Waals surface area contributed by atoms with E-state index in [0.717, 1.165) is 22.6 Å². The molecule has 2 N–H and O–H groups in total. The fraction of sp³-hybridized carbons (Fsp3) is 0.381. The Morgan fingerprint density at radius 1 is 1.11 bits per heavy atom. The summed E-state index contributed by atoms with van der Waals surface area (Å²) in [6.07, 6.45) is 0. The number of carboxylic acid groups (broad SMARTS) is 1. The molecule has 0 radical (unpaired) electrons. The second-order valence-electron chi connectivity index (χ2n) is 6.28. The van der Waals surface area contributed by atoms with Crippen molar-refractivity contribution in [1.82, 2.24) is 5.32 Å². The fourth-order valence-electron chi connectivity index (χ4n) is 2.93. The highest BCUT2D eigenvalue weighted by Gasteiger charge is 2.30. The van der Waals surface area contributed by atoms with Crippen LogP contribution >= 0.6 is 11.8 Å². The van der Waals surface area contributed by atoms with Crippen LogP contribution in [0, 0.1) is 0 Å². The van der Waals surface area contributed by atoms with Gasteiger partial charge in [0.2, 0.25) is 0 Å². The predicted molar refractivity (Wildman–Crippen MR) is 109 cm³/mol. The Morgan fingerprint density at radius 2 is 1.89 bits per heavy atom. The first-order valence-corrected chi connectivity index (χ1v) is 10.4. The average molecular weight is 404 g/mol. The molecule has 1 fully saturated rings. The van der Waals surface area contributed by atoms with Gasteiger partial charge in [-0.05, 0) is 49.2 Å². The minimum absolute atomic E-state index is 0.0420.